The zero-order chi connectivity index (χ0) is 29.8. The number of carbonyl (C=O) groups excluding carboxylic acids is 3. The van der Waals surface area contributed by atoms with Gasteiger partial charge in [0.1, 0.15) is 6.61 Å². The Balaban J connectivity index is 1.43. The normalized spacial score (nSPS) is 20.1. The van der Waals surface area contributed by atoms with Crippen LogP contribution in [0.15, 0.2) is 75.9 Å². The third kappa shape index (κ3) is 6.31. The molecule has 0 N–H and O–H groups in total. The van der Waals surface area contributed by atoms with E-state index in [2.05, 4.69) is 18.2 Å². The number of carbonyl (C=O) groups is 3. The van der Waals surface area contributed by atoms with Crippen molar-refractivity contribution in [3.8, 4) is 0 Å². The summed E-state index contributed by atoms with van der Waals surface area (Å²) in [5, 5.41) is 2.68. The summed E-state index contributed by atoms with van der Waals surface area (Å²) in [6.07, 6.45) is 1.61. The number of esters is 2. The number of nitrogens with zero attached hydrogens (tertiary/aromatic N) is 3. The van der Waals surface area contributed by atoms with Gasteiger partial charge in [-0.1, -0.05) is 65.9 Å². The number of thioether (sulfide) groups is 1. The number of amidine groups is 1. The maximum atomic E-state index is 13.8. The van der Waals surface area contributed by atoms with Crippen LogP contribution in [0.1, 0.15) is 61.4 Å². The molecule has 220 valence electrons. The first-order valence-electron chi connectivity index (χ1n) is 14.4. The van der Waals surface area contributed by atoms with Gasteiger partial charge in [0.25, 0.3) is 0 Å². The van der Waals surface area contributed by atoms with E-state index in [0.29, 0.717) is 31.0 Å². The average Bonchev–Trinajstić information content (AvgIpc) is 3.38. The highest BCUT2D eigenvalue weighted by atomic mass is 32.2. The number of fused-ring (bicyclic) bond motifs is 1. The summed E-state index contributed by atoms with van der Waals surface area (Å²) in [5.41, 5.74) is 5.81. The number of ether oxygens (including phenoxy) is 2. The van der Waals surface area contributed by atoms with Crippen molar-refractivity contribution in [1.29, 1.82) is 0 Å². The molecule has 1 amide bonds. The van der Waals surface area contributed by atoms with Gasteiger partial charge < -0.3 is 19.3 Å². The Labute approximate surface area is 251 Å². The van der Waals surface area contributed by atoms with Crippen LogP contribution in [0, 0.1) is 19.8 Å². The summed E-state index contributed by atoms with van der Waals surface area (Å²) >= 11 is 1.45. The zero-order valence-electron chi connectivity index (χ0n) is 24.6. The van der Waals surface area contributed by atoms with Gasteiger partial charge in [0.15, 0.2) is 5.17 Å². The summed E-state index contributed by atoms with van der Waals surface area (Å²) in [7, 11) is 0. The summed E-state index contributed by atoms with van der Waals surface area (Å²) in [6.45, 7) is 9.13. The van der Waals surface area contributed by atoms with Gasteiger partial charge in [0.2, 0.25) is 5.91 Å². The van der Waals surface area contributed by atoms with E-state index in [4.69, 9.17) is 14.5 Å². The molecule has 5 rings (SSSR count). The summed E-state index contributed by atoms with van der Waals surface area (Å²) in [5.74, 6) is -1.04. The lowest BCUT2D eigenvalue weighted by Gasteiger charge is -2.38. The molecule has 0 aromatic heterocycles. The number of piperidine rings is 1. The molecule has 0 bridgehead atoms. The predicted molar refractivity (Wildman–Crippen MR) is 163 cm³/mol. The quantitative estimate of drug-likeness (QED) is 0.360. The van der Waals surface area contributed by atoms with Gasteiger partial charge in [-0.15, -0.1) is 0 Å². The number of aliphatic imine (C=N–C) groups is 1. The Hall–Kier alpha value is -3.85. The highest BCUT2D eigenvalue weighted by Gasteiger charge is 2.42. The van der Waals surface area contributed by atoms with E-state index in [-0.39, 0.29) is 30.8 Å². The van der Waals surface area contributed by atoms with Crippen LogP contribution in [0.5, 0.6) is 0 Å². The SMILES string of the molecule is CCOC(=O)[C@@H]1CCCN(C(=O)CC2=CSC3=NC(C)=C(C(=O)OCc4ccccc4)[C@H](c4cc(C)ccc4C)N23)C1. The van der Waals surface area contributed by atoms with E-state index in [1.54, 1.807) is 11.8 Å². The molecule has 0 radical (unpaired) electrons. The van der Waals surface area contributed by atoms with Gasteiger partial charge in [-0.05, 0) is 62.6 Å². The molecule has 2 aromatic rings. The molecule has 0 saturated carbocycles. The van der Waals surface area contributed by atoms with E-state index in [1.807, 2.05) is 61.4 Å². The minimum atomic E-state index is -0.497. The van der Waals surface area contributed by atoms with Crippen molar-refractivity contribution in [2.45, 2.75) is 59.6 Å². The third-order valence-corrected chi connectivity index (χ3v) is 8.78. The number of hydrogen-bond acceptors (Lipinski definition) is 8. The van der Waals surface area contributed by atoms with Crippen molar-refractivity contribution in [2.75, 3.05) is 19.7 Å². The topological polar surface area (TPSA) is 88.5 Å². The fraction of sp³-hybridized carbons (Fsp3) is 0.394. The van der Waals surface area contributed by atoms with Crippen LogP contribution in [-0.4, -0.2) is 52.5 Å². The Morgan fingerprint density at radius 1 is 1.05 bits per heavy atom. The van der Waals surface area contributed by atoms with Crippen molar-refractivity contribution in [1.82, 2.24) is 9.80 Å². The van der Waals surface area contributed by atoms with Crippen LogP contribution in [-0.2, 0) is 30.5 Å². The number of allylic oxidation sites excluding steroid dienone is 1. The number of aryl methyl sites for hydroxylation is 2. The maximum Gasteiger partial charge on any atom is 0.338 e. The van der Waals surface area contributed by atoms with E-state index in [0.717, 1.165) is 46.0 Å². The second kappa shape index (κ2) is 13.0. The van der Waals surface area contributed by atoms with Crippen molar-refractivity contribution in [3.63, 3.8) is 0 Å². The Kier molecular flexibility index (Phi) is 9.16. The highest BCUT2D eigenvalue weighted by Crippen LogP contribution is 2.46. The van der Waals surface area contributed by atoms with Gasteiger partial charge in [-0.25, -0.2) is 9.79 Å². The molecule has 42 heavy (non-hydrogen) atoms. The maximum absolute atomic E-state index is 13.8. The summed E-state index contributed by atoms with van der Waals surface area (Å²) in [6, 6.07) is 15.3. The molecule has 1 saturated heterocycles. The molecule has 3 aliphatic rings. The fourth-order valence-electron chi connectivity index (χ4n) is 5.70. The molecule has 1 fully saturated rings. The molecule has 0 unspecified atom stereocenters. The minimum absolute atomic E-state index is 0.0590. The third-order valence-electron chi connectivity index (χ3n) is 7.89. The van der Waals surface area contributed by atoms with Gasteiger partial charge in [-0.3, -0.25) is 9.59 Å². The van der Waals surface area contributed by atoms with E-state index >= 15 is 0 Å². The van der Waals surface area contributed by atoms with Gasteiger partial charge in [0, 0.05) is 18.8 Å². The second-order valence-electron chi connectivity index (χ2n) is 10.9. The second-order valence-corrected chi connectivity index (χ2v) is 11.8. The molecular weight excluding hydrogens is 550 g/mol. The molecule has 2 aromatic carbocycles. The molecule has 9 heteroatoms. The van der Waals surface area contributed by atoms with Gasteiger partial charge >= 0.3 is 11.9 Å². The van der Waals surface area contributed by atoms with E-state index in [9.17, 15) is 14.4 Å². The molecular formula is C33H37N3O5S. The standard InChI is InChI=1S/C33H37N3O5S/c1-5-40-31(38)25-12-9-15-35(18-25)28(37)17-26-20-42-33-34-23(4)29(32(39)41-19-24-10-7-6-8-11-24)30(36(26)33)27-16-21(2)13-14-22(27)3/h6-8,10-11,13-14,16,20,25,30H,5,9,12,15,17-19H2,1-4H3/t25-,30+/m1/s1. The smallest absolute Gasteiger partial charge is 0.338 e. The molecule has 3 heterocycles. The van der Waals surface area contributed by atoms with E-state index in [1.165, 1.54) is 11.8 Å². The Morgan fingerprint density at radius 2 is 1.83 bits per heavy atom. The number of likely N-dealkylation sites (tertiary alicyclic amines) is 1. The lowest BCUT2D eigenvalue weighted by atomic mass is 9.90. The number of benzene rings is 2. The van der Waals surface area contributed by atoms with Crippen LogP contribution in [0.4, 0.5) is 0 Å². The fourth-order valence-corrected chi connectivity index (χ4v) is 6.67. The van der Waals surface area contributed by atoms with Crippen LogP contribution in [0.2, 0.25) is 0 Å². The lowest BCUT2D eigenvalue weighted by molar-refractivity contribution is -0.151. The average molecular weight is 588 g/mol. The van der Waals surface area contributed by atoms with Crippen molar-refractivity contribution < 1.29 is 23.9 Å². The number of hydrogen-bond donors (Lipinski definition) is 0. The van der Waals surface area contributed by atoms with Gasteiger partial charge in [-0.2, -0.15) is 0 Å². The first kappa shape index (κ1) is 29.6. The molecule has 2 atom stereocenters. The predicted octanol–water partition coefficient (Wildman–Crippen LogP) is 5.81. The minimum Gasteiger partial charge on any atom is -0.466 e. The number of rotatable bonds is 8. The van der Waals surface area contributed by atoms with Crippen LogP contribution in [0.25, 0.3) is 0 Å². The van der Waals surface area contributed by atoms with Crippen LogP contribution in [0.3, 0.4) is 0 Å². The van der Waals surface area contributed by atoms with Crippen molar-refractivity contribution in [2.24, 2.45) is 10.9 Å². The van der Waals surface area contributed by atoms with Crippen LogP contribution < -0.4 is 0 Å². The first-order valence-corrected chi connectivity index (χ1v) is 15.3. The molecule has 0 spiro atoms. The number of amides is 1. The Bertz CT molecular complexity index is 1470. The highest BCUT2D eigenvalue weighted by molar-refractivity contribution is 8.16. The molecule has 8 nitrogen and oxygen atoms in total. The first-order chi connectivity index (χ1) is 20.3. The zero-order valence-corrected chi connectivity index (χ0v) is 25.4. The van der Waals surface area contributed by atoms with E-state index < -0.39 is 12.0 Å². The summed E-state index contributed by atoms with van der Waals surface area (Å²) < 4.78 is 11.1. The summed E-state index contributed by atoms with van der Waals surface area (Å²) in [4.78, 5) is 48.3. The van der Waals surface area contributed by atoms with Crippen LogP contribution >= 0.6 is 11.8 Å². The molecule has 3 aliphatic heterocycles. The van der Waals surface area contributed by atoms with Crippen molar-refractivity contribution in [3.05, 3.63) is 93.2 Å². The monoisotopic (exact) mass is 587 g/mol. The van der Waals surface area contributed by atoms with Crippen molar-refractivity contribution >= 4 is 34.8 Å². The largest absolute Gasteiger partial charge is 0.466 e. The Morgan fingerprint density at radius 3 is 2.60 bits per heavy atom. The molecule has 0 aliphatic carbocycles. The lowest BCUT2D eigenvalue weighted by Crippen LogP contribution is -2.44. The van der Waals surface area contributed by atoms with Gasteiger partial charge in [0.05, 0.1) is 36.3 Å².